The van der Waals surface area contributed by atoms with Gasteiger partial charge in [0.2, 0.25) is 11.8 Å². The minimum atomic E-state index is -0.806. The van der Waals surface area contributed by atoms with Gasteiger partial charge >= 0.3 is 0 Å². The lowest BCUT2D eigenvalue weighted by molar-refractivity contribution is -0.157. The van der Waals surface area contributed by atoms with E-state index in [2.05, 4.69) is 10.3 Å². The van der Waals surface area contributed by atoms with Crippen LogP contribution in [0.1, 0.15) is 39.1 Å². The Labute approximate surface area is 123 Å². The first-order chi connectivity index (χ1) is 9.39. The molecule has 2 unspecified atom stereocenters. The van der Waals surface area contributed by atoms with Crippen LogP contribution in [0.2, 0.25) is 0 Å². The molecule has 1 fully saturated rings. The van der Waals surface area contributed by atoms with Gasteiger partial charge in [0.15, 0.2) is 0 Å². The van der Waals surface area contributed by atoms with Crippen molar-refractivity contribution in [1.29, 1.82) is 0 Å². The number of hydrogen-bond donors (Lipinski definition) is 1. The van der Waals surface area contributed by atoms with Crippen LogP contribution in [-0.4, -0.2) is 33.3 Å². The van der Waals surface area contributed by atoms with E-state index in [1.54, 1.807) is 18.0 Å². The van der Waals surface area contributed by atoms with E-state index in [0.29, 0.717) is 13.0 Å². The number of amides is 2. The van der Waals surface area contributed by atoms with Crippen LogP contribution in [0.4, 0.5) is 0 Å². The Morgan fingerprint density at radius 1 is 1.50 bits per heavy atom. The molecule has 2 atom stereocenters. The third-order valence-electron chi connectivity index (χ3n) is 3.86. The molecule has 1 aliphatic heterocycles. The van der Waals surface area contributed by atoms with E-state index in [-0.39, 0.29) is 17.7 Å². The van der Waals surface area contributed by atoms with Crippen molar-refractivity contribution in [3.05, 3.63) is 16.6 Å². The monoisotopic (exact) mass is 295 g/mol. The van der Waals surface area contributed by atoms with Gasteiger partial charge in [-0.15, -0.1) is 11.3 Å². The van der Waals surface area contributed by atoms with E-state index in [9.17, 15) is 9.59 Å². The van der Waals surface area contributed by atoms with Gasteiger partial charge in [0.1, 0.15) is 16.6 Å². The Morgan fingerprint density at radius 3 is 2.70 bits per heavy atom. The summed E-state index contributed by atoms with van der Waals surface area (Å²) in [7, 11) is 0. The molecule has 2 amide bonds. The average Bonchev–Trinajstić information content (AvgIpc) is 2.88. The first kappa shape index (κ1) is 15.0. The molecule has 5 nitrogen and oxygen atoms in total. The fraction of sp³-hybridized carbons (Fsp3) is 0.643. The summed E-state index contributed by atoms with van der Waals surface area (Å²) >= 11 is 1.50. The number of nitrogens with one attached hydrogen (secondary N) is 1. The van der Waals surface area contributed by atoms with Gasteiger partial charge in [-0.1, -0.05) is 20.8 Å². The molecular formula is C14H21N3O2S. The fourth-order valence-electron chi connectivity index (χ4n) is 2.53. The largest absolute Gasteiger partial charge is 0.340 e. The van der Waals surface area contributed by atoms with Gasteiger partial charge in [0.05, 0.1) is 6.54 Å². The van der Waals surface area contributed by atoms with Crippen molar-refractivity contribution in [2.45, 2.75) is 52.2 Å². The summed E-state index contributed by atoms with van der Waals surface area (Å²) in [5, 5.41) is 5.63. The Morgan fingerprint density at radius 2 is 2.20 bits per heavy atom. The number of rotatable bonds is 4. The van der Waals surface area contributed by atoms with Gasteiger partial charge in [0.25, 0.3) is 0 Å². The second kappa shape index (κ2) is 5.52. The summed E-state index contributed by atoms with van der Waals surface area (Å²) in [6.45, 7) is 8.03. The van der Waals surface area contributed by atoms with Gasteiger partial charge in [-0.05, 0) is 19.3 Å². The number of piperazine rings is 1. The van der Waals surface area contributed by atoms with Crippen molar-refractivity contribution in [3.8, 4) is 0 Å². The number of aromatic nitrogens is 1. The molecule has 1 aliphatic rings. The zero-order chi connectivity index (χ0) is 14.9. The third kappa shape index (κ3) is 2.57. The number of nitrogens with zero attached hydrogens (tertiary/aromatic N) is 2. The number of hydrogen-bond acceptors (Lipinski definition) is 4. The lowest BCUT2D eigenvalue weighted by Gasteiger charge is -2.45. The average molecular weight is 295 g/mol. The predicted octanol–water partition coefficient (Wildman–Crippen LogP) is 1.79. The van der Waals surface area contributed by atoms with E-state index >= 15 is 0 Å². The normalized spacial score (nSPS) is 27.1. The van der Waals surface area contributed by atoms with Gasteiger partial charge < -0.3 is 10.2 Å². The molecule has 1 aromatic heterocycles. The first-order valence-electron chi connectivity index (χ1n) is 6.90. The topological polar surface area (TPSA) is 62.3 Å². The number of thiazole rings is 1. The maximum atomic E-state index is 12.8. The highest BCUT2D eigenvalue weighted by Gasteiger charge is 2.47. The summed E-state index contributed by atoms with van der Waals surface area (Å²) in [6.07, 6.45) is 2.30. The Hall–Kier alpha value is -1.43. The third-order valence-corrected chi connectivity index (χ3v) is 4.63. The maximum absolute atomic E-state index is 12.8. The molecule has 2 heterocycles. The Kier molecular flexibility index (Phi) is 4.13. The first-order valence-corrected chi connectivity index (χ1v) is 7.78. The van der Waals surface area contributed by atoms with Crippen LogP contribution < -0.4 is 5.32 Å². The molecule has 1 aromatic rings. The Balaban J connectivity index is 2.34. The highest BCUT2D eigenvalue weighted by atomic mass is 32.1. The van der Waals surface area contributed by atoms with Crippen molar-refractivity contribution in [2.24, 2.45) is 5.92 Å². The maximum Gasteiger partial charge on any atom is 0.249 e. The second-order valence-electron chi connectivity index (χ2n) is 5.72. The Bertz CT molecular complexity index is 501. The van der Waals surface area contributed by atoms with Crippen LogP contribution >= 0.6 is 11.3 Å². The van der Waals surface area contributed by atoms with Crippen LogP contribution in [0.5, 0.6) is 0 Å². The predicted molar refractivity (Wildman–Crippen MR) is 78.1 cm³/mol. The SMILES string of the molecule is CCC1(C)NC(=O)C(C(C)C)N(Cc2nccs2)C1=O. The number of carbonyl (C=O) groups is 2. The van der Waals surface area contributed by atoms with Crippen LogP contribution in [0.3, 0.4) is 0 Å². The van der Waals surface area contributed by atoms with E-state index in [1.165, 1.54) is 11.3 Å². The van der Waals surface area contributed by atoms with Crippen LogP contribution in [-0.2, 0) is 16.1 Å². The molecule has 1 saturated heterocycles. The molecule has 20 heavy (non-hydrogen) atoms. The lowest BCUT2D eigenvalue weighted by Crippen LogP contribution is -2.69. The smallest absolute Gasteiger partial charge is 0.249 e. The van der Waals surface area contributed by atoms with Crippen molar-refractivity contribution < 1.29 is 9.59 Å². The minimum absolute atomic E-state index is 0.0199. The van der Waals surface area contributed by atoms with E-state index < -0.39 is 11.6 Å². The highest BCUT2D eigenvalue weighted by Crippen LogP contribution is 2.27. The highest BCUT2D eigenvalue weighted by molar-refractivity contribution is 7.09. The van der Waals surface area contributed by atoms with Crippen molar-refractivity contribution >= 4 is 23.2 Å². The molecule has 0 bridgehead atoms. The van der Waals surface area contributed by atoms with Crippen molar-refractivity contribution in [3.63, 3.8) is 0 Å². The number of carbonyl (C=O) groups excluding carboxylic acids is 2. The molecule has 6 heteroatoms. The van der Waals surface area contributed by atoms with Gasteiger partial charge in [-0.3, -0.25) is 9.59 Å². The second-order valence-corrected chi connectivity index (χ2v) is 6.70. The summed E-state index contributed by atoms with van der Waals surface area (Å²) < 4.78 is 0. The summed E-state index contributed by atoms with van der Waals surface area (Å²) in [4.78, 5) is 31.0. The van der Waals surface area contributed by atoms with Gasteiger partial charge in [-0.25, -0.2) is 4.98 Å². The fourth-order valence-corrected chi connectivity index (χ4v) is 3.15. The van der Waals surface area contributed by atoms with E-state index in [4.69, 9.17) is 0 Å². The molecule has 1 N–H and O–H groups in total. The molecule has 0 aromatic carbocycles. The molecule has 0 spiro atoms. The van der Waals surface area contributed by atoms with Crippen molar-refractivity contribution in [1.82, 2.24) is 15.2 Å². The van der Waals surface area contributed by atoms with Crippen LogP contribution in [0, 0.1) is 5.92 Å². The zero-order valence-electron chi connectivity index (χ0n) is 12.3. The molecule has 2 rings (SSSR count). The lowest BCUT2D eigenvalue weighted by atomic mass is 9.88. The molecule has 0 saturated carbocycles. The summed E-state index contributed by atoms with van der Waals surface area (Å²) in [5.74, 6) is -0.0191. The minimum Gasteiger partial charge on any atom is -0.340 e. The summed E-state index contributed by atoms with van der Waals surface area (Å²) in [5.41, 5.74) is -0.806. The van der Waals surface area contributed by atoms with E-state index in [1.807, 2.05) is 26.2 Å². The molecule has 110 valence electrons. The molecular weight excluding hydrogens is 274 g/mol. The van der Waals surface area contributed by atoms with Crippen LogP contribution in [0.15, 0.2) is 11.6 Å². The standard InChI is InChI=1S/C14H21N3O2S/c1-5-14(4)13(19)17(8-10-15-6-7-20-10)11(9(2)3)12(18)16-14/h6-7,9,11H,5,8H2,1-4H3,(H,16,18). The van der Waals surface area contributed by atoms with Crippen molar-refractivity contribution in [2.75, 3.05) is 0 Å². The molecule has 0 radical (unpaired) electrons. The quantitative estimate of drug-likeness (QED) is 0.921. The summed E-state index contributed by atoms with van der Waals surface area (Å²) in [6, 6.07) is -0.425. The zero-order valence-corrected chi connectivity index (χ0v) is 13.2. The molecule has 0 aliphatic carbocycles. The van der Waals surface area contributed by atoms with Crippen LogP contribution in [0.25, 0.3) is 0 Å². The van der Waals surface area contributed by atoms with E-state index in [0.717, 1.165) is 5.01 Å². The van der Waals surface area contributed by atoms with Gasteiger partial charge in [0, 0.05) is 11.6 Å². The van der Waals surface area contributed by atoms with Gasteiger partial charge in [-0.2, -0.15) is 0 Å².